The SMILES string of the molecule is c1ccc(N2N=C(CCN3CCCCC3)CC2c2ccco2)cc1. The molecule has 126 valence electrons. The largest absolute Gasteiger partial charge is 0.467 e. The van der Waals surface area contributed by atoms with Crippen molar-refractivity contribution >= 4 is 11.4 Å². The normalized spacial score (nSPS) is 21.9. The van der Waals surface area contributed by atoms with Crippen molar-refractivity contribution in [3.63, 3.8) is 0 Å². The Balaban J connectivity index is 1.48. The molecular weight excluding hydrogens is 298 g/mol. The van der Waals surface area contributed by atoms with E-state index in [0.717, 1.165) is 30.8 Å². The fourth-order valence-corrected chi connectivity index (χ4v) is 3.72. The molecule has 1 aromatic carbocycles. The molecule has 3 heterocycles. The first kappa shape index (κ1) is 15.5. The second-order valence-corrected chi connectivity index (χ2v) is 6.73. The standard InChI is InChI=1S/C20H25N3O/c1-3-8-18(9-4-1)23-19(20-10-7-15-24-20)16-17(21-23)11-14-22-12-5-2-6-13-22/h1,3-4,7-10,15,19H,2,5-6,11-14,16H2. The zero-order chi connectivity index (χ0) is 16.2. The van der Waals surface area contributed by atoms with Gasteiger partial charge in [-0.15, -0.1) is 0 Å². The Kier molecular flexibility index (Phi) is 4.65. The van der Waals surface area contributed by atoms with Crippen molar-refractivity contribution in [3.8, 4) is 0 Å². The monoisotopic (exact) mass is 323 g/mol. The Morgan fingerprint density at radius 1 is 1.00 bits per heavy atom. The molecule has 1 aromatic heterocycles. The molecular formula is C20H25N3O. The van der Waals surface area contributed by atoms with Crippen LogP contribution in [-0.2, 0) is 0 Å². The molecule has 0 spiro atoms. The van der Waals surface area contributed by atoms with Crippen LogP contribution in [0.15, 0.2) is 58.2 Å². The number of hydrogen-bond donors (Lipinski definition) is 0. The predicted molar refractivity (Wildman–Crippen MR) is 97.3 cm³/mol. The summed E-state index contributed by atoms with van der Waals surface area (Å²) in [4.78, 5) is 2.58. The van der Waals surface area contributed by atoms with Crippen LogP contribution in [0.3, 0.4) is 0 Å². The smallest absolute Gasteiger partial charge is 0.128 e. The van der Waals surface area contributed by atoms with Gasteiger partial charge in [0, 0.05) is 25.1 Å². The van der Waals surface area contributed by atoms with Gasteiger partial charge < -0.3 is 9.32 Å². The highest BCUT2D eigenvalue weighted by Crippen LogP contribution is 2.35. The molecule has 4 rings (SSSR count). The first-order valence-corrected chi connectivity index (χ1v) is 9.06. The van der Waals surface area contributed by atoms with Crippen LogP contribution in [0.5, 0.6) is 0 Å². The van der Waals surface area contributed by atoms with Crippen LogP contribution in [0.25, 0.3) is 0 Å². The van der Waals surface area contributed by atoms with Gasteiger partial charge in [0.1, 0.15) is 11.8 Å². The lowest BCUT2D eigenvalue weighted by Gasteiger charge is -2.26. The van der Waals surface area contributed by atoms with E-state index in [1.54, 1.807) is 6.26 Å². The summed E-state index contributed by atoms with van der Waals surface area (Å²) in [5, 5.41) is 7.07. The Morgan fingerprint density at radius 2 is 1.83 bits per heavy atom. The quantitative estimate of drug-likeness (QED) is 0.814. The fourth-order valence-electron chi connectivity index (χ4n) is 3.72. The zero-order valence-corrected chi connectivity index (χ0v) is 14.1. The van der Waals surface area contributed by atoms with Crippen molar-refractivity contribution < 1.29 is 4.42 Å². The second kappa shape index (κ2) is 7.22. The van der Waals surface area contributed by atoms with Crippen LogP contribution in [-0.4, -0.2) is 30.2 Å². The molecule has 0 amide bonds. The van der Waals surface area contributed by atoms with E-state index in [4.69, 9.17) is 9.52 Å². The molecule has 2 aromatic rings. The van der Waals surface area contributed by atoms with Gasteiger partial charge in [-0.3, -0.25) is 5.01 Å². The average molecular weight is 323 g/mol. The molecule has 0 aliphatic carbocycles. The first-order chi connectivity index (χ1) is 11.9. The van der Waals surface area contributed by atoms with Gasteiger partial charge >= 0.3 is 0 Å². The maximum atomic E-state index is 5.69. The number of likely N-dealkylation sites (tertiary alicyclic amines) is 1. The van der Waals surface area contributed by atoms with Gasteiger partial charge in [0.25, 0.3) is 0 Å². The van der Waals surface area contributed by atoms with Gasteiger partial charge in [0.15, 0.2) is 0 Å². The van der Waals surface area contributed by atoms with Crippen LogP contribution in [0, 0.1) is 0 Å². The van der Waals surface area contributed by atoms with Gasteiger partial charge in [-0.2, -0.15) is 5.10 Å². The van der Waals surface area contributed by atoms with E-state index in [1.807, 2.05) is 12.1 Å². The molecule has 1 unspecified atom stereocenters. The number of nitrogens with zero attached hydrogens (tertiary/aromatic N) is 3. The lowest BCUT2D eigenvalue weighted by molar-refractivity contribution is 0.234. The summed E-state index contributed by atoms with van der Waals surface area (Å²) in [5.74, 6) is 0.996. The van der Waals surface area contributed by atoms with Crippen LogP contribution in [0.1, 0.15) is 43.9 Å². The van der Waals surface area contributed by atoms with E-state index in [9.17, 15) is 0 Å². The molecule has 0 N–H and O–H groups in total. The summed E-state index contributed by atoms with van der Waals surface area (Å²) in [6.07, 6.45) is 7.84. The van der Waals surface area contributed by atoms with Crippen molar-refractivity contribution in [2.24, 2.45) is 5.10 Å². The number of benzene rings is 1. The Morgan fingerprint density at radius 3 is 2.58 bits per heavy atom. The molecule has 0 saturated carbocycles. The predicted octanol–water partition coefficient (Wildman–Crippen LogP) is 4.46. The van der Waals surface area contributed by atoms with Crippen molar-refractivity contribution in [1.29, 1.82) is 0 Å². The number of rotatable bonds is 5. The van der Waals surface area contributed by atoms with Crippen molar-refractivity contribution in [3.05, 3.63) is 54.5 Å². The number of hydrazone groups is 1. The summed E-state index contributed by atoms with van der Waals surface area (Å²) in [6, 6.07) is 14.6. The fraction of sp³-hybridized carbons (Fsp3) is 0.450. The van der Waals surface area contributed by atoms with Crippen molar-refractivity contribution in [2.45, 2.75) is 38.1 Å². The maximum absolute atomic E-state index is 5.69. The summed E-state index contributed by atoms with van der Waals surface area (Å²) in [7, 11) is 0. The van der Waals surface area contributed by atoms with E-state index in [0.29, 0.717) is 0 Å². The Labute approximate surface area is 143 Å². The summed E-state index contributed by atoms with van der Waals surface area (Å²) >= 11 is 0. The summed E-state index contributed by atoms with van der Waals surface area (Å²) < 4.78 is 5.69. The number of para-hydroxylation sites is 1. The van der Waals surface area contributed by atoms with Crippen LogP contribution < -0.4 is 5.01 Å². The number of anilines is 1. The van der Waals surface area contributed by atoms with Gasteiger partial charge in [0.05, 0.1) is 12.0 Å². The van der Waals surface area contributed by atoms with Crippen LogP contribution in [0.4, 0.5) is 5.69 Å². The van der Waals surface area contributed by atoms with Gasteiger partial charge in [0.2, 0.25) is 0 Å². The maximum Gasteiger partial charge on any atom is 0.128 e. The van der Waals surface area contributed by atoms with E-state index in [2.05, 4.69) is 40.2 Å². The van der Waals surface area contributed by atoms with Crippen LogP contribution >= 0.6 is 0 Å². The van der Waals surface area contributed by atoms with Gasteiger partial charge in [-0.1, -0.05) is 24.6 Å². The van der Waals surface area contributed by atoms with E-state index >= 15 is 0 Å². The second-order valence-electron chi connectivity index (χ2n) is 6.73. The molecule has 4 nitrogen and oxygen atoms in total. The molecule has 1 fully saturated rings. The number of piperidine rings is 1. The molecule has 2 aliphatic rings. The summed E-state index contributed by atoms with van der Waals surface area (Å²) in [5.41, 5.74) is 2.41. The third kappa shape index (κ3) is 3.39. The lowest BCUT2D eigenvalue weighted by Crippen LogP contribution is -2.31. The Bertz CT molecular complexity index is 659. The molecule has 1 atom stereocenters. The Hall–Kier alpha value is -2.07. The average Bonchev–Trinajstić information content (AvgIpc) is 3.31. The molecule has 0 bridgehead atoms. The molecule has 1 saturated heterocycles. The third-order valence-corrected chi connectivity index (χ3v) is 5.03. The van der Waals surface area contributed by atoms with Gasteiger partial charge in [-0.05, 0) is 50.2 Å². The summed E-state index contributed by atoms with van der Waals surface area (Å²) in [6.45, 7) is 3.63. The number of hydrogen-bond acceptors (Lipinski definition) is 4. The highest BCUT2D eigenvalue weighted by Gasteiger charge is 2.31. The van der Waals surface area contributed by atoms with E-state index in [-0.39, 0.29) is 6.04 Å². The van der Waals surface area contributed by atoms with Crippen molar-refractivity contribution in [2.75, 3.05) is 24.6 Å². The minimum Gasteiger partial charge on any atom is -0.467 e. The number of furan rings is 1. The topological polar surface area (TPSA) is 32.0 Å². The molecule has 2 aliphatic heterocycles. The zero-order valence-electron chi connectivity index (χ0n) is 14.1. The highest BCUT2D eigenvalue weighted by molar-refractivity contribution is 5.89. The van der Waals surface area contributed by atoms with E-state index in [1.165, 1.54) is 38.1 Å². The minimum absolute atomic E-state index is 0.179. The molecule has 24 heavy (non-hydrogen) atoms. The van der Waals surface area contributed by atoms with Crippen LogP contribution in [0.2, 0.25) is 0 Å². The lowest BCUT2D eigenvalue weighted by atomic mass is 10.1. The van der Waals surface area contributed by atoms with Gasteiger partial charge in [-0.25, -0.2) is 0 Å². The third-order valence-electron chi connectivity index (χ3n) is 5.03. The first-order valence-electron chi connectivity index (χ1n) is 9.06. The highest BCUT2D eigenvalue weighted by atomic mass is 16.3. The molecule has 4 heteroatoms. The van der Waals surface area contributed by atoms with E-state index < -0.39 is 0 Å². The van der Waals surface area contributed by atoms with Crippen molar-refractivity contribution in [1.82, 2.24) is 4.90 Å². The molecule has 0 radical (unpaired) electrons. The minimum atomic E-state index is 0.179.